The predicted molar refractivity (Wildman–Crippen MR) is 100 cm³/mol. The molecule has 0 aromatic carbocycles. The molecule has 1 N–H and O–H groups in total. The lowest BCUT2D eigenvalue weighted by Crippen LogP contribution is -2.52. The van der Waals surface area contributed by atoms with Gasteiger partial charge in [-0.15, -0.1) is 11.3 Å². The van der Waals surface area contributed by atoms with Gasteiger partial charge in [-0.3, -0.25) is 14.6 Å². The smallest absolute Gasteiger partial charge is 0.194 e. The van der Waals surface area contributed by atoms with Crippen molar-refractivity contribution in [3.8, 4) is 0 Å². The molecule has 0 bridgehead atoms. The van der Waals surface area contributed by atoms with Gasteiger partial charge in [0, 0.05) is 51.7 Å². The van der Waals surface area contributed by atoms with E-state index in [0.29, 0.717) is 6.54 Å². The molecule has 1 fully saturated rings. The second-order valence-corrected chi connectivity index (χ2v) is 8.22. The Kier molecular flexibility index (Phi) is 5.85. The molecule has 0 amide bonds. The lowest BCUT2D eigenvalue weighted by Gasteiger charge is -2.36. The third-order valence-corrected chi connectivity index (χ3v) is 5.71. The number of aromatic nitrogens is 3. The van der Waals surface area contributed by atoms with E-state index < -0.39 is 0 Å². The van der Waals surface area contributed by atoms with E-state index in [1.807, 2.05) is 25.4 Å². The summed E-state index contributed by atoms with van der Waals surface area (Å²) in [5, 5.41) is 7.47. The molecule has 9 heteroatoms. The van der Waals surface area contributed by atoms with Crippen LogP contribution >= 0.6 is 27.3 Å². The van der Waals surface area contributed by atoms with E-state index in [1.165, 1.54) is 8.66 Å². The lowest BCUT2D eigenvalue weighted by molar-refractivity contribution is 0.173. The van der Waals surface area contributed by atoms with Gasteiger partial charge in [0.05, 0.1) is 10.3 Å². The summed E-state index contributed by atoms with van der Waals surface area (Å²) >= 11 is 5.34. The second-order valence-electron chi connectivity index (χ2n) is 5.67. The molecule has 7 nitrogen and oxygen atoms in total. The van der Waals surface area contributed by atoms with Crippen molar-refractivity contribution < 1.29 is 0 Å². The summed E-state index contributed by atoms with van der Waals surface area (Å²) in [5.41, 5.74) is 0. The summed E-state index contributed by atoms with van der Waals surface area (Å²) in [4.78, 5) is 14.8. The van der Waals surface area contributed by atoms with Gasteiger partial charge in [-0.05, 0) is 28.1 Å². The number of nitrogens with zero attached hydrogens (tertiary/aromatic N) is 6. The molecule has 1 saturated heterocycles. The predicted octanol–water partition coefficient (Wildman–Crippen LogP) is 1.53. The van der Waals surface area contributed by atoms with Crippen LogP contribution in [0.1, 0.15) is 10.7 Å². The molecule has 2 aromatic heterocycles. The van der Waals surface area contributed by atoms with E-state index >= 15 is 0 Å². The topological polar surface area (TPSA) is 61.6 Å². The van der Waals surface area contributed by atoms with Crippen molar-refractivity contribution in [2.24, 2.45) is 12.0 Å². The van der Waals surface area contributed by atoms with Crippen LogP contribution < -0.4 is 5.32 Å². The van der Waals surface area contributed by atoms with Crippen LogP contribution in [0.3, 0.4) is 0 Å². The minimum Gasteiger partial charge on any atom is -0.349 e. The second kappa shape index (κ2) is 8.09. The van der Waals surface area contributed by atoms with Crippen molar-refractivity contribution in [1.29, 1.82) is 0 Å². The maximum absolute atomic E-state index is 4.40. The Morgan fingerprint density at radius 2 is 2.12 bits per heavy atom. The van der Waals surface area contributed by atoms with Crippen LogP contribution in [0, 0.1) is 0 Å². The first-order valence-corrected chi connectivity index (χ1v) is 9.51. The Labute approximate surface area is 154 Å². The van der Waals surface area contributed by atoms with Gasteiger partial charge < -0.3 is 10.2 Å². The van der Waals surface area contributed by atoms with Gasteiger partial charge in [-0.25, -0.2) is 4.98 Å². The lowest BCUT2D eigenvalue weighted by atomic mass is 10.3. The SMILES string of the molecule is CN=C(NCc1ncnn1C)N1CCN(Cc2ccc(Br)s2)CC1. The monoisotopic (exact) mass is 411 g/mol. The maximum atomic E-state index is 4.40. The minimum absolute atomic E-state index is 0.632. The van der Waals surface area contributed by atoms with E-state index in [1.54, 1.807) is 11.0 Å². The maximum Gasteiger partial charge on any atom is 0.194 e. The molecule has 0 aliphatic carbocycles. The zero-order valence-electron chi connectivity index (χ0n) is 13.9. The summed E-state index contributed by atoms with van der Waals surface area (Å²) in [6, 6.07) is 4.32. The molecule has 1 aliphatic rings. The molecular formula is C15H22BrN7S. The average Bonchev–Trinajstić information content (AvgIpc) is 3.18. The van der Waals surface area contributed by atoms with E-state index in [9.17, 15) is 0 Å². The highest BCUT2D eigenvalue weighted by Crippen LogP contribution is 2.23. The number of rotatable bonds is 4. The molecule has 3 heterocycles. The van der Waals surface area contributed by atoms with Crippen LogP contribution in [0.15, 0.2) is 27.2 Å². The first kappa shape index (κ1) is 17.4. The fraction of sp³-hybridized carbons (Fsp3) is 0.533. The van der Waals surface area contributed by atoms with Gasteiger partial charge in [-0.1, -0.05) is 0 Å². The minimum atomic E-state index is 0.632. The summed E-state index contributed by atoms with van der Waals surface area (Å²) in [5.74, 6) is 1.83. The number of piperazine rings is 1. The molecular weight excluding hydrogens is 390 g/mol. The van der Waals surface area contributed by atoms with E-state index in [4.69, 9.17) is 0 Å². The van der Waals surface area contributed by atoms with E-state index in [-0.39, 0.29) is 0 Å². The van der Waals surface area contributed by atoms with E-state index in [0.717, 1.165) is 44.5 Å². The number of hydrogen-bond donors (Lipinski definition) is 1. The quantitative estimate of drug-likeness (QED) is 0.610. The van der Waals surface area contributed by atoms with Crippen molar-refractivity contribution >= 4 is 33.2 Å². The van der Waals surface area contributed by atoms with E-state index in [2.05, 4.69) is 58.3 Å². The van der Waals surface area contributed by atoms with Crippen LogP contribution in [-0.2, 0) is 20.1 Å². The van der Waals surface area contributed by atoms with Gasteiger partial charge in [-0.2, -0.15) is 5.10 Å². The normalized spacial score (nSPS) is 16.6. The average molecular weight is 412 g/mol. The van der Waals surface area contributed by atoms with Crippen LogP contribution in [0.4, 0.5) is 0 Å². The largest absolute Gasteiger partial charge is 0.349 e. The number of halogens is 1. The highest BCUT2D eigenvalue weighted by Gasteiger charge is 2.20. The highest BCUT2D eigenvalue weighted by molar-refractivity contribution is 9.11. The Bertz CT molecular complexity index is 688. The van der Waals surface area contributed by atoms with Gasteiger partial charge >= 0.3 is 0 Å². The molecule has 3 rings (SSSR count). The number of nitrogens with one attached hydrogen (secondary N) is 1. The van der Waals surface area contributed by atoms with Crippen molar-refractivity contribution in [1.82, 2.24) is 29.9 Å². The van der Waals surface area contributed by atoms with Gasteiger partial charge in [0.25, 0.3) is 0 Å². The van der Waals surface area contributed by atoms with Gasteiger partial charge in [0.1, 0.15) is 12.2 Å². The number of guanidine groups is 1. The number of aryl methyl sites for hydroxylation is 1. The molecule has 0 spiro atoms. The van der Waals surface area contributed by atoms with Crippen molar-refractivity contribution in [2.75, 3.05) is 33.2 Å². The summed E-state index contributed by atoms with van der Waals surface area (Å²) in [6.45, 7) is 5.69. The Hall–Kier alpha value is -1.45. The third-order valence-electron chi connectivity index (χ3n) is 4.10. The van der Waals surface area contributed by atoms with Crippen LogP contribution in [0.25, 0.3) is 0 Å². The summed E-state index contributed by atoms with van der Waals surface area (Å²) in [7, 11) is 3.73. The van der Waals surface area contributed by atoms with Crippen molar-refractivity contribution in [2.45, 2.75) is 13.1 Å². The van der Waals surface area contributed by atoms with Crippen LogP contribution in [0.2, 0.25) is 0 Å². The van der Waals surface area contributed by atoms with Crippen molar-refractivity contribution in [3.63, 3.8) is 0 Å². The Morgan fingerprint density at radius 1 is 1.33 bits per heavy atom. The zero-order chi connectivity index (χ0) is 16.9. The van der Waals surface area contributed by atoms with Crippen LogP contribution in [-0.4, -0.2) is 63.8 Å². The Morgan fingerprint density at radius 3 is 2.71 bits per heavy atom. The fourth-order valence-electron chi connectivity index (χ4n) is 2.75. The number of hydrogen-bond acceptors (Lipinski definition) is 5. The third kappa shape index (κ3) is 4.34. The molecule has 0 unspecified atom stereocenters. The Balaban J connectivity index is 1.48. The number of thiophene rings is 1. The molecule has 130 valence electrons. The molecule has 0 radical (unpaired) electrons. The molecule has 0 atom stereocenters. The standard InChI is InChI=1S/C15H22BrN7S/c1-17-15(18-9-14-19-11-20-21(14)2)23-7-5-22(6-8-23)10-12-3-4-13(16)24-12/h3-4,11H,5-10H2,1-2H3,(H,17,18). The van der Waals surface area contributed by atoms with Gasteiger partial charge in [0.15, 0.2) is 5.96 Å². The number of aliphatic imine (C=N–C) groups is 1. The first-order chi connectivity index (χ1) is 11.7. The molecule has 2 aromatic rings. The first-order valence-electron chi connectivity index (χ1n) is 7.90. The summed E-state index contributed by atoms with van der Waals surface area (Å²) < 4.78 is 2.97. The molecule has 1 aliphatic heterocycles. The molecule has 0 saturated carbocycles. The summed E-state index contributed by atoms with van der Waals surface area (Å²) in [6.07, 6.45) is 1.57. The zero-order valence-corrected chi connectivity index (χ0v) is 16.3. The van der Waals surface area contributed by atoms with Crippen molar-refractivity contribution in [3.05, 3.63) is 32.9 Å². The highest BCUT2D eigenvalue weighted by atomic mass is 79.9. The fourth-order valence-corrected chi connectivity index (χ4v) is 4.27. The molecule has 24 heavy (non-hydrogen) atoms. The van der Waals surface area contributed by atoms with Gasteiger partial charge in [0.2, 0.25) is 0 Å². The van der Waals surface area contributed by atoms with Crippen LogP contribution in [0.5, 0.6) is 0 Å².